The molecule has 19 heavy (non-hydrogen) atoms. The molecule has 2 heteroatoms. The summed E-state index contributed by atoms with van der Waals surface area (Å²) in [7, 11) is 2.19. The fourth-order valence-corrected chi connectivity index (χ4v) is 2.70. The van der Waals surface area contributed by atoms with Gasteiger partial charge in [0.05, 0.1) is 0 Å². The summed E-state index contributed by atoms with van der Waals surface area (Å²) >= 11 is 0. The molecule has 0 spiro atoms. The molecule has 1 aromatic rings. The summed E-state index contributed by atoms with van der Waals surface area (Å²) in [6.07, 6.45) is 8.99. The number of benzene rings is 1. The molecule has 1 fully saturated rings. The highest BCUT2D eigenvalue weighted by atomic mass is 15.1. The minimum absolute atomic E-state index is 1.16. The molecule has 2 nitrogen and oxygen atoms in total. The van der Waals surface area contributed by atoms with Gasteiger partial charge in [-0.05, 0) is 63.9 Å². The van der Waals surface area contributed by atoms with Gasteiger partial charge < -0.3 is 9.80 Å². The SMILES string of the molecule is CN(CCCCCN1CC[CH]CC1)c1ccccc1. The Morgan fingerprint density at radius 2 is 1.74 bits per heavy atom. The van der Waals surface area contributed by atoms with Crippen LogP contribution in [-0.2, 0) is 0 Å². The summed E-state index contributed by atoms with van der Waals surface area (Å²) in [5.74, 6) is 0. The summed E-state index contributed by atoms with van der Waals surface area (Å²) in [6.45, 7) is 5.02. The van der Waals surface area contributed by atoms with Gasteiger partial charge in [0.15, 0.2) is 0 Å². The molecular weight excluding hydrogens is 232 g/mol. The topological polar surface area (TPSA) is 6.48 Å². The number of nitrogens with zero attached hydrogens (tertiary/aromatic N) is 2. The Labute approximate surface area is 118 Å². The number of likely N-dealkylation sites (tertiary alicyclic amines) is 1. The van der Waals surface area contributed by atoms with Crippen molar-refractivity contribution in [3.05, 3.63) is 36.8 Å². The van der Waals surface area contributed by atoms with Gasteiger partial charge in [0.25, 0.3) is 0 Å². The van der Waals surface area contributed by atoms with E-state index in [4.69, 9.17) is 0 Å². The van der Waals surface area contributed by atoms with E-state index in [0.29, 0.717) is 0 Å². The molecule has 0 unspecified atom stereocenters. The highest BCUT2D eigenvalue weighted by molar-refractivity contribution is 5.44. The van der Waals surface area contributed by atoms with E-state index in [1.165, 1.54) is 57.4 Å². The number of hydrogen-bond donors (Lipinski definition) is 0. The van der Waals surface area contributed by atoms with Crippen molar-refractivity contribution in [3.63, 3.8) is 0 Å². The quantitative estimate of drug-likeness (QED) is 0.690. The summed E-state index contributed by atoms with van der Waals surface area (Å²) in [5.41, 5.74) is 1.33. The molecule has 0 bridgehead atoms. The van der Waals surface area contributed by atoms with E-state index < -0.39 is 0 Å². The second-order valence-corrected chi connectivity index (χ2v) is 5.53. The fraction of sp³-hybridized carbons (Fsp3) is 0.588. The Kier molecular flexibility index (Phi) is 6.22. The Morgan fingerprint density at radius 1 is 1.00 bits per heavy atom. The van der Waals surface area contributed by atoms with Gasteiger partial charge in [0.1, 0.15) is 0 Å². The third-order valence-electron chi connectivity index (χ3n) is 3.96. The summed E-state index contributed by atoms with van der Waals surface area (Å²) in [4.78, 5) is 4.97. The van der Waals surface area contributed by atoms with E-state index in [9.17, 15) is 0 Å². The monoisotopic (exact) mass is 259 g/mol. The number of unbranched alkanes of at least 4 members (excludes halogenated alkanes) is 2. The molecule has 0 aromatic heterocycles. The standard InChI is InChI=1S/C17H27N2/c1-18(17-11-5-2-6-12-17)13-7-3-8-14-19-15-9-4-10-16-19/h2,4-6,11-12H,3,7-10,13-16H2,1H3. The Bertz CT molecular complexity index is 330. The van der Waals surface area contributed by atoms with Crippen LogP contribution in [0.15, 0.2) is 30.3 Å². The van der Waals surface area contributed by atoms with Crippen LogP contribution in [0.2, 0.25) is 0 Å². The predicted octanol–water partition coefficient (Wildman–Crippen LogP) is 3.59. The van der Waals surface area contributed by atoms with Gasteiger partial charge in [-0.3, -0.25) is 0 Å². The highest BCUT2D eigenvalue weighted by Gasteiger charge is 2.09. The normalized spacial score (nSPS) is 16.5. The number of anilines is 1. The first-order valence-electron chi connectivity index (χ1n) is 7.66. The molecule has 1 radical (unpaired) electrons. The van der Waals surface area contributed by atoms with Gasteiger partial charge in [-0.2, -0.15) is 0 Å². The maximum Gasteiger partial charge on any atom is 0.0363 e. The number of hydrogen-bond acceptors (Lipinski definition) is 2. The first-order chi connectivity index (χ1) is 9.36. The van der Waals surface area contributed by atoms with Gasteiger partial charge in [-0.25, -0.2) is 0 Å². The third kappa shape index (κ3) is 5.23. The van der Waals surface area contributed by atoms with E-state index in [0.717, 1.165) is 6.54 Å². The van der Waals surface area contributed by atoms with Gasteiger partial charge in [0, 0.05) is 19.3 Å². The van der Waals surface area contributed by atoms with Crippen LogP contribution in [0.4, 0.5) is 5.69 Å². The van der Waals surface area contributed by atoms with Crippen LogP contribution >= 0.6 is 0 Å². The molecular formula is C17H27N2. The second-order valence-electron chi connectivity index (χ2n) is 5.53. The van der Waals surface area contributed by atoms with E-state index in [-0.39, 0.29) is 0 Å². The summed E-state index contributed by atoms with van der Waals surface area (Å²) in [6, 6.07) is 10.7. The van der Waals surface area contributed by atoms with E-state index in [1.54, 1.807) is 0 Å². The first kappa shape index (κ1) is 14.4. The third-order valence-corrected chi connectivity index (χ3v) is 3.96. The lowest BCUT2D eigenvalue weighted by molar-refractivity contribution is 0.249. The smallest absolute Gasteiger partial charge is 0.0363 e. The van der Waals surface area contributed by atoms with Crippen molar-refractivity contribution < 1.29 is 0 Å². The van der Waals surface area contributed by atoms with Crippen molar-refractivity contribution in [2.75, 3.05) is 38.1 Å². The molecule has 0 N–H and O–H groups in total. The number of rotatable bonds is 7. The fourth-order valence-electron chi connectivity index (χ4n) is 2.70. The molecule has 0 aliphatic carbocycles. The van der Waals surface area contributed by atoms with E-state index in [2.05, 4.69) is 53.6 Å². The number of para-hydroxylation sites is 1. The molecule has 1 saturated heterocycles. The molecule has 2 rings (SSSR count). The van der Waals surface area contributed by atoms with Gasteiger partial charge in [-0.15, -0.1) is 0 Å². The number of piperidine rings is 1. The van der Waals surface area contributed by atoms with Crippen LogP contribution in [0.25, 0.3) is 0 Å². The predicted molar refractivity (Wildman–Crippen MR) is 83.5 cm³/mol. The molecule has 1 aliphatic rings. The van der Waals surface area contributed by atoms with Gasteiger partial charge >= 0.3 is 0 Å². The van der Waals surface area contributed by atoms with Crippen LogP contribution in [0.3, 0.4) is 0 Å². The molecule has 105 valence electrons. The van der Waals surface area contributed by atoms with Gasteiger partial charge in [0.2, 0.25) is 0 Å². The van der Waals surface area contributed by atoms with Crippen LogP contribution in [0.1, 0.15) is 32.1 Å². The van der Waals surface area contributed by atoms with Crippen molar-refractivity contribution in [1.29, 1.82) is 0 Å². The van der Waals surface area contributed by atoms with Crippen LogP contribution in [0, 0.1) is 6.42 Å². The van der Waals surface area contributed by atoms with Crippen molar-refractivity contribution in [3.8, 4) is 0 Å². The summed E-state index contributed by atoms with van der Waals surface area (Å²) in [5, 5.41) is 0. The highest BCUT2D eigenvalue weighted by Crippen LogP contribution is 2.13. The Balaban J connectivity index is 1.54. The van der Waals surface area contributed by atoms with Crippen molar-refractivity contribution in [1.82, 2.24) is 4.90 Å². The lowest BCUT2D eigenvalue weighted by atomic mass is 10.1. The average molecular weight is 259 g/mol. The van der Waals surface area contributed by atoms with Gasteiger partial charge in [-0.1, -0.05) is 24.6 Å². The van der Waals surface area contributed by atoms with Crippen molar-refractivity contribution >= 4 is 5.69 Å². The Hall–Kier alpha value is -1.02. The first-order valence-corrected chi connectivity index (χ1v) is 7.66. The van der Waals surface area contributed by atoms with E-state index in [1.807, 2.05) is 0 Å². The molecule has 1 aromatic carbocycles. The van der Waals surface area contributed by atoms with E-state index >= 15 is 0 Å². The summed E-state index contributed by atoms with van der Waals surface area (Å²) < 4.78 is 0. The molecule has 1 aliphatic heterocycles. The zero-order valence-corrected chi connectivity index (χ0v) is 12.2. The maximum absolute atomic E-state index is 2.61. The van der Waals surface area contributed by atoms with Crippen molar-refractivity contribution in [2.24, 2.45) is 0 Å². The maximum atomic E-state index is 2.61. The van der Waals surface area contributed by atoms with Crippen LogP contribution in [0.5, 0.6) is 0 Å². The lowest BCUT2D eigenvalue weighted by Gasteiger charge is -2.26. The minimum Gasteiger partial charge on any atom is -0.375 e. The molecule has 0 saturated carbocycles. The second kappa shape index (κ2) is 8.21. The largest absolute Gasteiger partial charge is 0.375 e. The molecule has 0 amide bonds. The average Bonchev–Trinajstić information content (AvgIpc) is 2.49. The zero-order chi connectivity index (χ0) is 13.3. The zero-order valence-electron chi connectivity index (χ0n) is 12.2. The lowest BCUT2D eigenvalue weighted by Crippen LogP contribution is -2.30. The minimum atomic E-state index is 1.16. The van der Waals surface area contributed by atoms with Crippen molar-refractivity contribution in [2.45, 2.75) is 32.1 Å². The molecule has 1 heterocycles. The van der Waals surface area contributed by atoms with Crippen LogP contribution < -0.4 is 4.90 Å². The molecule has 0 atom stereocenters. The Morgan fingerprint density at radius 3 is 2.47 bits per heavy atom. The van der Waals surface area contributed by atoms with Crippen LogP contribution in [-0.4, -0.2) is 38.1 Å².